The zero-order valence-corrected chi connectivity index (χ0v) is 9.24. The average Bonchev–Trinajstić information content (AvgIpc) is 2.15. The van der Waals surface area contributed by atoms with Crippen LogP contribution in [0.4, 0.5) is 0 Å². The predicted molar refractivity (Wildman–Crippen MR) is 54.9 cm³/mol. The molecule has 1 N–H and O–H groups in total. The number of ether oxygens (including phenoxy) is 1. The Morgan fingerprint density at radius 2 is 2.07 bits per heavy atom. The van der Waals surface area contributed by atoms with Crippen molar-refractivity contribution in [1.29, 1.82) is 0 Å². The molecule has 1 amide bonds. The third kappa shape index (κ3) is 5.68. The first-order valence-electron chi connectivity index (χ1n) is 4.71. The van der Waals surface area contributed by atoms with Crippen molar-refractivity contribution < 1.29 is 14.3 Å². The number of nitrogens with zero attached hydrogens (tertiary/aromatic N) is 1. The molecule has 0 saturated carbocycles. The minimum atomic E-state index is -0.649. The van der Waals surface area contributed by atoms with E-state index in [-0.39, 0.29) is 12.5 Å². The summed E-state index contributed by atoms with van der Waals surface area (Å²) in [4.78, 5) is 25.3. The van der Waals surface area contributed by atoms with Crippen LogP contribution in [0.3, 0.4) is 0 Å². The van der Waals surface area contributed by atoms with Crippen LogP contribution in [0.1, 0.15) is 20.3 Å². The van der Waals surface area contributed by atoms with Crippen molar-refractivity contribution in [1.82, 2.24) is 5.32 Å². The lowest BCUT2D eigenvalue weighted by Crippen LogP contribution is -2.43. The van der Waals surface area contributed by atoms with Gasteiger partial charge in [-0.25, -0.2) is 11.4 Å². The number of methoxy groups -OCH3 is 1. The molecule has 0 aromatic rings. The molecule has 1 atom stereocenters. The number of carbonyl (C=O) groups is 2. The molecule has 0 radical (unpaired) electrons. The van der Waals surface area contributed by atoms with Crippen molar-refractivity contribution in [3.63, 3.8) is 0 Å². The largest absolute Gasteiger partial charge is 0.467 e. The quantitative estimate of drug-likeness (QED) is 0.536. The molecule has 0 spiro atoms. The highest BCUT2D eigenvalue weighted by Crippen LogP contribution is 2.06. The molecule has 0 rings (SSSR count). The van der Waals surface area contributed by atoms with E-state index in [2.05, 4.69) is 14.9 Å². The van der Waals surface area contributed by atoms with Gasteiger partial charge in [0.15, 0.2) is 0 Å². The van der Waals surface area contributed by atoms with E-state index in [0.29, 0.717) is 6.42 Å². The van der Waals surface area contributed by atoms with E-state index >= 15 is 0 Å². The Hall–Kier alpha value is -1.57. The Morgan fingerprint density at radius 3 is 2.47 bits per heavy atom. The van der Waals surface area contributed by atoms with Gasteiger partial charge in [-0.3, -0.25) is 4.79 Å². The number of amides is 1. The summed E-state index contributed by atoms with van der Waals surface area (Å²) in [6.07, 6.45) is 0.510. The van der Waals surface area contributed by atoms with Crippen molar-refractivity contribution in [2.75, 3.05) is 13.7 Å². The molecule has 0 aliphatic rings. The van der Waals surface area contributed by atoms with E-state index in [1.165, 1.54) is 7.11 Å². The third-order valence-electron chi connectivity index (χ3n) is 1.75. The monoisotopic (exact) mass is 212 g/mol. The van der Waals surface area contributed by atoms with Crippen LogP contribution in [0.15, 0.2) is 0 Å². The van der Waals surface area contributed by atoms with E-state index in [9.17, 15) is 9.59 Å². The van der Waals surface area contributed by atoms with Crippen LogP contribution < -0.4 is 5.32 Å². The highest BCUT2D eigenvalue weighted by Gasteiger charge is 2.23. The van der Waals surface area contributed by atoms with E-state index in [4.69, 9.17) is 6.57 Å². The van der Waals surface area contributed by atoms with Crippen LogP contribution in [0, 0.1) is 12.5 Å². The molecule has 0 saturated heterocycles. The van der Waals surface area contributed by atoms with Crippen LogP contribution in [0.2, 0.25) is 0 Å². The fraction of sp³-hybridized carbons (Fsp3) is 0.700. The van der Waals surface area contributed by atoms with Crippen LogP contribution in [-0.2, 0) is 14.3 Å². The fourth-order valence-electron chi connectivity index (χ4n) is 1.14. The van der Waals surface area contributed by atoms with E-state index in [1.807, 2.05) is 13.8 Å². The molecule has 0 aromatic carbocycles. The fourth-order valence-corrected chi connectivity index (χ4v) is 1.14. The standard InChI is InChI=1S/C10H16N2O3/c1-7(2)5-8(10(14)15-4)12-9(13)6-11-3/h7-8H,5-6H2,1-2,4H3,(H,12,13)/t8-/m0/s1. The predicted octanol–water partition coefficient (Wildman–Crippen LogP) is 0.610. The molecule has 5 heteroatoms. The summed E-state index contributed by atoms with van der Waals surface area (Å²) < 4.78 is 4.56. The van der Waals surface area contributed by atoms with Gasteiger partial charge in [0.1, 0.15) is 6.04 Å². The van der Waals surface area contributed by atoms with E-state index in [0.717, 1.165) is 0 Å². The molecule has 84 valence electrons. The molecule has 0 unspecified atom stereocenters. The number of esters is 1. The maximum Gasteiger partial charge on any atom is 0.328 e. The normalized spacial score (nSPS) is 11.7. The Morgan fingerprint density at radius 1 is 1.47 bits per heavy atom. The minimum Gasteiger partial charge on any atom is -0.467 e. The first-order valence-corrected chi connectivity index (χ1v) is 4.71. The van der Waals surface area contributed by atoms with Gasteiger partial charge in [-0.05, 0) is 12.3 Å². The van der Waals surface area contributed by atoms with Gasteiger partial charge in [0.2, 0.25) is 0 Å². The maximum absolute atomic E-state index is 11.3. The highest BCUT2D eigenvalue weighted by atomic mass is 16.5. The maximum atomic E-state index is 11.3. The molecule has 0 aliphatic carbocycles. The number of hydrogen-bond donors (Lipinski definition) is 1. The topological polar surface area (TPSA) is 59.8 Å². The van der Waals surface area contributed by atoms with Crippen molar-refractivity contribution >= 4 is 11.9 Å². The molecular weight excluding hydrogens is 196 g/mol. The van der Waals surface area contributed by atoms with E-state index in [1.54, 1.807) is 0 Å². The lowest BCUT2D eigenvalue weighted by molar-refractivity contribution is -0.145. The molecular formula is C10H16N2O3. The average molecular weight is 212 g/mol. The van der Waals surface area contributed by atoms with Gasteiger partial charge in [0.25, 0.3) is 6.54 Å². The number of carbonyl (C=O) groups excluding carboxylic acids is 2. The second-order valence-corrected chi connectivity index (χ2v) is 3.59. The zero-order chi connectivity index (χ0) is 11.8. The summed E-state index contributed by atoms with van der Waals surface area (Å²) in [6.45, 7) is 10.1. The van der Waals surface area contributed by atoms with Gasteiger partial charge in [-0.1, -0.05) is 13.8 Å². The summed E-state index contributed by atoms with van der Waals surface area (Å²) in [5.41, 5.74) is 0. The van der Waals surface area contributed by atoms with Gasteiger partial charge >= 0.3 is 11.9 Å². The van der Waals surface area contributed by atoms with Crippen LogP contribution in [-0.4, -0.2) is 31.6 Å². The summed E-state index contributed by atoms with van der Waals surface area (Å²) in [7, 11) is 1.27. The SMILES string of the molecule is [C-]#[N+]CC(=O)N[C@@H](CC(C)C)C(=O)OC. The van der Waals surface area contributed by atoms with Gasteiger partial charge in [0.05, 0.1) is 7.11 Å². The Balaban J connectivity index is 4.31. The minimum absolute atomic E-state index is 0.258. The summed E-state index contributed by atoms with van der Waals surface area (Å²) in [5.74, 6) is -0.648. The third-order valence-corrected chi connectivity index (χ3v) is 1.75. The molecule has 0 aliphatic heterocycles. The lowest BCUT2D eigenvalue weighted by Gasteiger charge is -2.16. The van der Waals surface area contributed by atoms with Crippen LogP contribution >= 0.6 is 0 Å². The second-order valence-electron chi connectivity index (χ2n) is 3.59. The first-order chi connectivity index (χ1) is 7.01. The van der Waals surface area contributed by atoms with Crippen molar-refractivity contribution in [2.24, 2.45) is 5.92 Å². The Bertz CT molecular complexity index is 268. The Labute approximate surface area is 89.6 Å². The second kappa shape index (κ2) is 6.82. The van der Waals surface area contributed by atoms with Gasteiger partial charge in [-0.15, -0.1) is 0 Å². The lowest BCUT2D eigenvalue weighted by atomic mass is 10.0. The van der Waals surface area contributed by atoms with Crippen LogP contribution in [0.5, 0.6) is 0 Å². The summed E-state index contributed by atoms with van der Waals surface area (Å²) in [5, 5.41) is 2.47. The number of rotatable bonds is 5. The zero-order valence-electron chi connectivity index (χ0n) is 9.24. The number of hydrogen-bond acceptors (Lipinski definition) is 3. The number of nitrogens with one attached hydrogen (secondary N) is 1. The molecule has 0 heterocycles. The molecule has 0 fully saturated rings. The van der Waals surface area contributed by atoms with Crippen molar-refractivity contribution in [2.45, 2.75) is 26.3 Å². The summed E-state index contributed by atoms with van der Waals surface area (Å²) >= 11 is 0. The molecule has 0 bridgehead atoms. The summed E-state index contributed by atoms with van der Waals surface area (Å²) in [6, 6.07) is -0.649. The first kappa shape index (κ1) is 13.4. The smallest absolute Gasteiger partial charge is 0.328 e. The molecule has 0 aromatic heterocycles. The van der Waals surface area contributed by atoms with Gasteiger partial charge in [0, 0.05) is 0 Å². The highest BCUT2D eigenvalue weighted by molar-refractivity contribution is 5.86. The van der Waals surface area contributed by atoms with Crippen molar-refractivity contribution in [3.05, 3.63) is 11.4 Å². The van der Waals surface area contributed by atoms with Gasteiger partial charge < -0.3 is 14.9 Å². The van der Waals surface area contributed by atoms with Crippen molar-refractivity contribution in [3.8, 4) is 0 Å². The van der Waals surface area contributed by atoms with E-state index < -0.39 is 17.9 Å². The van der Waals surface area contributed by atoms with Crippen LogP contribution in [0.25, 0.3) is 4.85 Å². The Kier molecular flexibility index (Phi) is 6.11. The molecule has 15 heavy (non-hydrogen) atoms. The van der Waals surface area contributed by atoms with Gasteiger partial charge in [-0.2, -0.15) is 0 Å². The molecule has 5 nitrogen and oxygen atoms in total.